The van der Waals surface area contributed by atoms with Crippen LogP contribution in [0.3, 0.4) is 0 Å². The smallest absolute Gasteiger partial charge is 0.326 e. The highest BCUT2D eigenvalue weighted by Gasteiger charge is 2.23. The SMILES string of the molecule is CCc1nc(N2CCN(CCP(=O)(O)O)CC2)c2ccc(OC)cc2n1. The molecular weight excluding hydrogens is 355 g/mol. The molecule has 8 nitrogen and oxygen atoms in total. The molecule has 1 aromatic heterocycles. The second kappa shape index (κ2) is 7.88. The van der Waals surface area contributed by atoms with Crippen LogP contribution in [0.2, 0.25) is 0 Å². The van der Waals surface area contributed by atoms with E-state index in [-0.39, 0.29) is 6.16 Å². The van der Waals surface area contributed by atoms with Crippen molar-refractivity contribution in [1.29, 1.82) is 0 Å². The number of fused-ring (bicyclic) bond motifs is 1. The zero-order valence-corrected chi connectivity index (χ0v) is 16.0. The van der Waals surface area contributed by atoms with Gasteiger partial charge in [-0.2, -0.15) is 0 Å². The fraction of sp³-hybridized carbons (Fsp3) is 0.529. The van der Waals surface area contributed by atoms with Gasteiger partial charge in [-0.05, 0) is 12.1 Å². The van der Waals surface area contributed by atoms with Crippen molar-refractivity contribution in [2.75, 3.05) is 50.9 Å². The Balaban J connectivity index is 1.79. The molecule has 26 heavy (non-hydrogen) atoms. The van der Waals surface area contributed by atoms with E-state index in [1.807, 2.05) is 25.1 Å². The molecule has 0 amide bonds. The molecule has 0 atom stereocenters. The number of methoxy groups -OCH3 is 1. The molecule has 0 radical (unpaired) electrons. The van der Waals surface area contributed by atoms with Crippen LogP contribution in [-0.2, 0) is 11.0 Å². The van der Waals surface area contributed by atoms with Crippen LogP contribution in [0.1, 0.15) is 12.7 Å². The third kappa shape index (κ3) is 4.51. The van der Waals surface area contributed by atoms with Gasteiger partial charge in [0.05, 0.1) is 18.8 Å². The molecule has 0 unspecified atom stereocenters. The number of benzene rings is 1. The lowest BCUT2D eigenvalue weighted by atomic mass is 10.2. The van der Waals surface area contributed by atoms with Crippen LogP contribution in [0.4, 0.5) is 5.82 Å². The maximum absolute atomic E-state index is 11.1. The molecule has 1 fully saturated rings. The van der Waals surface area contributed by atoms with Crippen LogP contribution in [-0.4, -0.2) is 70.7 Å². The van der Waals surface area contributed by atoms with Crippen molar-refractivity contribution >= 4 is 24.3 Å². The van der Waals surface area contributed by atoms with Gasteiger partial charge < -0.3 is 19.4 Å². The van der Waals surface area contributed by atoms with Gasteiger partial charge in [-0.15, -0.1) is 0 Å². The van der Waals surface area contributed by atoms with E-state index in [0.717, 1.165) is 60.9 Å². The summed E-state index contributed by atoms with van der Waals surface area (Å²) in [6.45, 7) is 5.49. The third-order valence-corrected chi connectivity index (χ3v) is 5.41. The number of rotatable bonds is 6. The first-order chi connectivity index (χ1) is 12.4. The van der Waals surface area contributed by atoms with Crippen LogP contribution in [0.15, 0.2) is 18.2 Å². The predicted octanol–water partition coefficient (Wildman–Crippen LogP) is 1.50. The van der Waals surface area contributed by atoms with E-state index in [0.29, 0.717) is 6.54 Å². The fourth-order valence-corrected chi connectivity index (χ4v) is 3.66. The van der Waals surface area contributed by atoms with Crippen molar-refractivity contribution in [1.82, 2.24) is 14.9 Å². The molecule has 3 rings (SSSR count). The van der Waals surface area contributed by atoms with Crippen molar-refractivity contribution < 1.29 is 19.1 Å². The first-order valence-corrected chi connectivity index (χ1v) is 10.6. The number of anilines is 1. The zero-order valence-electron chi connectivity index (χ0n) is 15.1. The van der Waals surface area contributed by atoms with Gasteiger partial charge in [0.25, 0.3) is 0 Å². The monoisotopic (exact) mass is 380 g/mol. The van der Waals surface area contributed by atoms with Gasteiger partial charge in [0, 0.05) is 50.6 Å². The Hall–Kier alpha value is -1.73. The van der Waals surface area contributed by atoms with Crippen molar-refractivity contribution in [2.24, 2.45) is 0 Å². The molecule has 1 aliphatic rings. The Morgan fingerprint density at radius 2 is 1.92 bits per heavy atom. The Labute approximate surface area is 153 Å². The Morgan fingerprint density at radius 3 is 2.54 bits per heavy atom. The highest BCUT2D eigenvalue weighted by atomic mass is 31.2. The minimum atomic E-state index is -3.94. The van der Waals surface area contributed by atoms with E-state index in [1.54, 1.807) is 7.11 Å². The van der Waals surface area contributed by atoms with Gasteiger partial charge >= 0.3 is 7.60 Å². The summed E-state index contributed by atoms with van der Waals surface area (Å²) < 4.78 is 16.4. The minimum Gasteiger partial charge on any atom is -0.497 e. The molecule has 9 heteroatoms. The number of nitrogens with zero attached hydrogens (tertiary/aromatic N) is 4. The van der Waals surface area contributed by atoms with Crippen molar-refractivity contribution in [2.45, 2.75) is 13.3 Å². The zero-order chi connectivity index (χ0) is 18.7. The molecule has 2 N–H and O–H groups in total. The Morgan fingerprint density at radius 1 is 1.19 bits per heavy atom. The molecule has 0 saturated carbocycles. The number of hydrogen-bond donors (Lipinski definition) is 2. The molecule has 2 heterocycles. The van der Waals surface area contributed by atoms with Gasteiger partial charge in [-0.25, -0.2) is 9.97 Å². The molecule has 0 bridgehead atoms. The minimum absolute atomic E-state index is 0.0940. The highest BCUT2D eigenvalue weighted by molar-refractivity contribution is 7.51. The van der Waals surface area contributed by atoms with Crippen LogP contribution in [0, 0.1) is 0 Å². The number of aromatic nitrogens is 2. The van der Waals surface area contributed by atoms with Crippen LogP contribution >= 0.6 is 7.60 Å². The van der Waals surface area contributed by atoms with Crippen LogP contribution in [0.5, 0.6) is 5.75 Å². The van der Waals surface area contributed by atoms with E-state index in [1.165, 1.54) is 0 Å². The van der Waals surface area contributed by atoms with E-state index in [4.69, 9.17) is 19.5 Å². The molecule has 1 saturated heterocycles. The average molecular weight is 380 g/mol. The maximum atomic E-state index is 11.1. The molecule has 0 spiro atoms. The first kappa shape index (κ1) is 19.0. The van der Waals surface area contributed by atoms with Gasteiger partial charge in [0.15, 0.2) is 0 Å². The second-order valence-corrected chi connectivity index (χ2v) is 8.19. The third-order valence-electron chi connectivity index (χ3n) is 4.63. The summed E-state index contributed by atoms with van der Waals surface area (Å²) in [5, 5.41) is 0.992. The molecular formula is C17H25N4O4P. The maximum Gasteiger partial charge on any atom is 0.326 e. The van der Waals surface area contributed by atoms with E-state index in [9.17, 15) is 4.57 Å². The number of piperazine rings is 1. The van der Waals surface area contributed by atoms with Crippen molar-refractivity contribution in [3.8, 4) is 5.75 Å². The summed E-state index contributed by atoms with van der Waals surface area (Å²) in [5.74, 6) is 2.49. The van der Waals surface area contributed by atoms with Gasteiger partial charge in [0.2, 0.25) is 0 Å². The summed E-state index contributed by atoms with van der Waals surface area (Å²) >= 11 is 0. The Bertz CT molecular complexity index is 813. The summed E-state index contributed by atoms with van der Waals surface area (Å²) in [6.07, 6.45) is 0.658. The molecule has 0 aliphatic carbocycles. The lowest BCUT2D eigenvalue weighted by Gasteiger charge is -2.36. The molecule has 142 valence electrons. The fourth-order valence-electron chi connectivity index (χ4n) is 3.12. The van der Waals surface area contributed by atoms with Gasteiger partial charge in [0.1, 0.15) is 17.4 Å². The van der Waals surface area contributed by atoms with Crippen LogP contribution < -0.4 is 9.64 Å². The number of aryl methyl sites for hydroxylation is 1. The summed E-state index contributed by atoms with van der Waals surface area (Å²) in [6, 6.07) is 5.83. The van der Waals surface area contributed by atoms with Gasteiger partial charge in [-0.1, -0.05) is 6.92 Å². The van der Waals surface area contributed by atoms with E-state index >= 15 is 0 Å². The van der Waals surface area contributed by atoms with Crippen molar-refractivity contribution in [3.05, 3.63) is 24.0 Å². The van der Waals surface area contributed by atoms with Crippen LogP contribution in [0.25, 0.3) is 10.9 Å². The first-order valence-electron chi connectivity index (χ1n) is 8.76. The summed E-state index contributed by atoms with van der Waals surface area (Å²) in [5.41, 5.74) is 0.870. The topological polar surface area (TPSA) is 99.0 Å². The highest BCUT2D eigenvalue weighted by Crippen LogP contribution is 2.34. The van der Waals surface area contributed by atoms with Crippen molar-refractivity contribution in [3.63, 3.8) is 0 Å². The lowest BCUT2D eigenvalue weighted by molar-refractivity contribution is 0.264. The van der Waals surface area contributed by atoms with E-state index < -0.39 is 7.60 Å². The standard InChI is InChI=1S/C17H25N4O4P/c1-3-16-18-15-12-13(25-2)4-5-14(15)17(19-16)21-8-6-20(7-9-21)10-11-26(22,23)24/h4-5,12H,3,6-11H2,1-2H3,(H2,22,23,24). The lowest BCUT2D eigenvalue weighted by Crippen LogP contribution is -2.47. The average Bonchev–Trinajstić information content (AvgIpc) is 2.64. The van der Waals surface area contributed by atoms with E-state index in [2.05, 4.69) is 14.8 Å². The summed E-state index contributed by atoms with van der Waals surface area (Å²) in [4.78, 5) is 31.8. The normalized spacial score (nSPS) is 16.2. The predicted molar refractivity (Wildman–Crippen MR) is 101 cm³/mol. The Kier molecular flexibility index (Phi) is 5.77. The quantitative estimate of drug-likeness (QED) is 0.728. The molecule has 1 aliphatic heterocycles. The molecule has 1 aromatic carbocycles. The largest absolute Gasteiger partial charge is 0.497 e. The van der Waals surface area contributed by atoms with Gasteiger partial charge in [-0.3, -0.25) is 9.46 Å². The summed E-state index contributed by atoms with van der Waals surface area (Å²) in [7, 11) is -2.30. The molecule has 2 aromatic rings. The number of hydrogen-bond acceptors (Lipinski definition) is 6. The number of ether oxygens (including phenoxy) is 1. The second-order valence-electron chi connectivity index (χ2n) is 6.42.